The number of carbonyl (C=O) groups is 2. The normalized spacial score (nSPS) is 13.5. The molecule has 0 aliphatic rings. The number of aliphatic carboxylic acids is 1. The summed E-state index contributed by atoms with van der Waals surface area (Å²) in [5.74, 6) is -1.61. The summed E-state index contributed by atoms with van der Waals surface area (Å²) in [7, 11) is 1.39. The van der Waals surface area contributed by atoms with Crippen molar-refractivity contribution in [2.45, 2.75) is 26.0 Å². The van der Waals surface area contributed by atoms with Gasteiger partial charge in [-0.2, -0.15) is 0 Å². The fourth-order valence-corrected chi connectivity index (χ4v) is 1.41. The minimum absolute atomic E-state index is 0.346. The molecule has 0 bridgehead atoms. The van der Waals surface area contributed by atoms with Gasteiger partial charge in [0, 0.05) is 7.05 Å². The molecule has 1 rings (SSSR count). The third-order valence-corrected chi connectivity index (χ3v) is 2.76. The van der Waals surface area contributed by atoms with Crippen molar-refractivity contribution in [1.29, 1.82) is 0 Å². The molecule has 0 spiro atoms. The number of nitrogens with zero attached hydrogens (tertiary/aromatic N) is 1. The van der Waals surface area contributed by atoms with E-state index in [1.807, 2.05) is 0 Å². The summed E-state index contributed by atoms with van der Waals surface area (Å²) in [5.41, 5.74) is 0. The molecule has 0 saturated heterocycles. The number of halogens is 1. The van der Waals surface area contributed by atoms with Crippen molar-refractivity contribution >= 4 is 11.9 Å². The third-order valence-electron chi connectivity index (χ3n) is 2.76. The van der Waals surface area contributed by atoms with Gasteiger partial charge < -0.3 is 14.7 Å². The Hall–Kier alpha value is -2.11. The quantitative estimate of drug-likeness (QED) is 0.880. The van der Waals surface area contributed by atoms with Crippen molar-refractivity contribution in [2.24, 2.45) is 0 Å². The number of amides is 1. The van der Waals surface area contributed by atoms with Gasteiger partial charge in [-0.05, 0) is 38.1 Å². The number of benzene rings is 1. The fraction of sp³-hybridized carbons (Fsp3) is 0.385. The van der Waals surface area contributed by atoms with E-state index in [-0.39, 0.29) is 0 Å². The lowest BCUT2D eigenvalue weighted by atomic mass is 10.2. The highest BCUT2D eigenvalue weighted by Crippen LogP contribution is 2.14. The van der Waals surface area contributed by atoms with Crippen LogP contribution >= 0.6 is 0 Å². The lowest BCUT2D eigenvalue weighted by molar-refractivity contribution is -0.150. The molecule has 0 radical (unpaired) electrons. The second kappa shape index (κ2) is 6.17. The summed E-state index contributed by atoms with van der Waals surface area (Å²) >= 11 is 0. The zero-order chi connectivity index (χ0) is 14.6. The smallest absolute Gasteiger partial charge is 0.326 e. The summed E-state index contributed by atoms with van der Waals surface area (Å²) in [4.78, 5) is 23.8. The van der Waals surface area contributed by atoms with Crippen molar-refractivity contribution in [3.8, 4) is 5.75 Å². The van der Waals surface area contributed by atoms with Crippen LogP contribution in [-0.4, -0.2) is 41.1 Å². The van der Waals surface area contributed by atoms with E-state index in [1.165, 1.54) is 45.2 Å². The van der Waals surface area contributed by atoms with E-state index in [4.69, 9.17) is 9.84 Å². The van der Waals surface area contributed by atoms with Crippen LogP contribution in [0.3, 0.4) is 0 Å². The second-order valence-corrected chi connectivity index (χ2v) is 4.18. The van der Waals surface area contributed by atoms with E-state index in [1.54, 1.807) is 0 Å². The van der Waals surface area contributed by atoms with Crippen molar-refractivity contribution in [3.05, 3.63) is 30.1 Å². The molecule has 0 aliphatic heterocycles. The first-order valence-electron chi connectivity index (χ1n) is 5.74. The van der Waals surface area contributed by atoms with Gasteiger partial charge >= 0.3 is 5.97 Å². The fourth-order valence-electron chi connectivity index (χ4n) is 1.41. The van der Waals surface area contributed by atoms with Crippen molar-refractivity contribution in [2.75, 3.05) is 7.05 Å². The van der Waals surface area contributed by atoms with E-state index in [2.05, 4.69) is 0 Å². The molecule has 1 N–H and O–H groups in total. The maximum Gasteiger partial charge on any atom is 0.326 e. The summed E-state index contributed by atoms with van der Waals surface area (Å²) < 4.78 is 18.0. The van der Waals surface area contributed by atoms with Crippen LogP contribution < -0.4 is 4.74 Å². The predicted molar refractivity (Wildman–Crippen MR) is 66.4 cm³/mol. The largest absolute Gasteiger partial charge is 0.481 e. The number of ether oxygens (including phenoxy) is 1. The molecule has 0 aliphatic carbocycles. The van der Waals surface area contributed by atoms with Crippen molar-refractivity contribution in [3.63, 3.8) is 0 Å². The van der Waals surface area contributed by atoms with Crippen LogP contribution in [-0.2, 0) is 9.59 Å². The Morgan fingerprint density at radius 1 is 1.26 bits per heavy atom. The standard InChI is InChI=1S/C13H16FNO4/c1-8(13(17)18)15(3)12(16)9(2)19-11-6-4-10(14)5-7-11/h4-9H,1-3H3,(H,17,18)/t8-,9+/m1/s1. The highest BCUT2D eigenvalue weighted by atomic mass is 19.1. The molecule has 19 heavy (non-hydrogen) atoms. The average Bonchev–Trinajstić information content (AvgIpc) is 2.38. The van der Waals surface area contributed by atoms with Gasteiger partial charge in [-0.25, -0.2) is 9.18 Å². The number of carboxylic acid groups (broad SMARTS) is 1. The molecular formula is C13H16FNO4. The Morgan fingerprint density at radius 3 is 2.26 bits per heavy atom. The lowest BCUT2D eigenvalue weighted by Crippen LogP contribution is -2.46. The maximum absolute atomic E-state index is 12.7. The van der Waals surface area contributed by atoms with E-state index in [0.29, 0.717) is 5.75 Å². The van der Waals surface area contributed by atoms with Gasteiger partial charge in [0.15, 0.2) is 6.10 Å². The van der Waals surface area contributed by atoms with Crippen LogP contribution in [0.4, 0.5) is 4.39 Å². The molecule has 0 aromatic heterocycles. The number of rotatable bonds is 5. The maximum atomic E-state index is 12.7. The Bertz CT molecular complexity index is 460. The molecule has 1 aromatic carbocycles. The molecule has 0 saturated carbocycles. The van der Waals surface area contributed by atoms with Crippen LogP contribution in [0.1, 0.15) is 13.8 Å². The molecule has 5 nitrogen and oxygen atoms in total. The molecule has 0 heterocycles. The number of hydrogen-bond donors (Lipinski definition) is 1. The van der Waals surface area contributed by atoms with E-state index in [9.17, 15) is 14.0 Å². The molecule has 1 amide bonds. The van der Waals surface area contributed by atoms with Gasteiger partial charge in [-0.15, -0.1) is 0 Å². The lowest BCUT2D eigenvalue weighted by Gasteiger charge is -2.25. The summed E-state index contributed by atoms with van der Waals surface area (Å²) in [6.07, 6.45) is -0.850. The van der Waals surface area contributed by atoms with E-state index in [0.717, 1.165) is 4.90 Å². The Morgan fingerprint density at radius 2 is 1.79 bits per heavy atom. The molecule has 104 valence electrons. The Kier molecular flexibility index (Phi) is 4.86. The van der Waals surface area contributed by atoms with Crippen molar-refractivity contribution < 1.29 is 23.8 Å². The first kappa shape index (κ1) is 14.9. The third kappa shape index (κ3) is 3.94. The SMILES string of the molecule is C[C@H](Oc1ccc(F)cc1)C(=O)N(C)[C@H](C)C(=O)O. The number of likely N-dealkylation sites (N-methyl/N-ethyl adjacent to an activating group) is 1. The van der Waals surface area contributed by atoms with Gasteiger partial charge in [0.1, 0.15) is 17.6 Å². The van der Waals surface area contributed by atoms with Crippen LogP contribution in [0.5, 0.6) is 5.75 Å². The highest BCUT2D eigenvalue weighted by molar-refractivity contribution is 5.85. The van der Waals surface area contributed by atoms with Crippen LogP contribution in [0.2, 0.25) is 0 Å². The van der Waals surface area contributed by atoms with Crippen LogP contribution in [0.25, 0.3) is 0 Å². The molecular weight excluding hydrogens is 253 g/mol. The summed E-state index contributed by atoms with van der Waals surface area (Å²) in [5, 5.41) is 8.83. The molecule has 0 unspecified atom stereocenters. The number of hydrogen-bond acceptors (Lipinski definition) is 3. The van der Waals surface area contributed by atoms with Gasteiger partial charge in [0.25, 0.3) is 5.91 Å². The Labute approximate surface area is 110 Å². The van der Waals surface area contributed by atoms with Gasteiger partial charge in [0.05, 0.1) is 0 Å². The Balaban J connectivity index is 2.67. The topological polar surface area (TPSA) is 66.8 Å². The van der Waals surface area contributed by atoms with Crippen molar-refractivity contribution in [1.82, 2.24) is 4.90 Å². The first-order chi connectivity index (χ1) is 8.82. The summed E-state index contributed by atoms with van der Waals surface area (Å²) in [6, 6.07) is 4.30. The van der Waals surface area contributed by atoms with Gasteiger partial charge in [0.2, 0.25) is 0 Å². The monoisotopic (exact) mass is 269 g/mol. The summed E-state index contributed by atoms with van der Waals surface area (Å²) in [6.45, 7) is 2.92. The first-order valence-corrected chi connectivity index (χ1v) is 5.74. The number of carboxylic acids is 1. The van der Waals surface area contributed by atoms with Gasteiger partial charge in [-0.3, -0.25) is 4.79 Å². The van der Waals surface area contributed by atoms with Gasteiger partial charge in [-0.1, -0.05) is 0 Å². The second-order valence-electron chi connectivity index (χ2n) is 4.18. The zero-order valence-electron chi connectivity index (χ0n) is 11.0. The molecule has 1 aromatic rings. The van der Waals surface area contributed by atoms with E-state index < -0.39 is 29.8 Å². The molecule has 6 heteroatoms. The molecule has 2 atom stereocenters. The molecule has 0 fully saturated rings. The number of carbonyl (C=O) groups excluding carboxylic acids is 1. The zero-order valence-corrected chi connectivity index (χ0v) is 11.0. The average molecular weight is 269 g/mol. The minimum atomic E-state index is -1.09. The highest BCUT2D eigenvalue weighted by Gasteiger charge is 2.26. The minimum Gasteiger partial charge on any atom is -0.481 e. The van der Waals surface area contributed by atoms with E-state index >= 15 is 0 Å². The van der Waals surface area contributed by atoms with Crippen LogP contribution in [0, 0.1) is 5.82 Å². The predicted octanol–water partition coefficient (Wildman–Crippen LogP) is 1.52. The van der Waals surface area contributed by atoms with Crippen LogP contribution in [0.15, 0.2) is 24.3 Å².